The highest BCUT2D eigenvalue weighted by molar-refractivity contribution is 9.10. The van der Waals surface area contributed by atoms with Gasteiger partial charge in [-0.1, -0.05) is 6.07 Å². The fourth-order valence-electron chi connectivity index (χ4n) is 1.80. The molecule has 0 radical (unpaired) electrons. The van der Waals surface area contributed by atoms with E-state index in [9.17, 15) is 0 Å². The van der Waals surface area contributed by atoms with Crippen LogP contribution in [0.5, 0.6) is 0 Å². The van der Waals surface area contributed by atoms with E-state index < -0.39 is 0 Å². The Bertz CT molecular complexity index is 345. The van der Waals surface area contributed by atoms with Crippen molar-refractivity contribution in [3.63, 3.8) is 0 Å². The average molecular weight is 255 g/mol. The normalized spacial score (nSPS) is 18.7. The van der Waals surface area contributed by atoms with Crippen molar-refractivity contribution in [3.05, 3.63) is 22.7 Å². The largest absolute Gasteiger partial charge is 0.396 e. The zero-order valence-corrected chi connectivity index (χ0v) is 9.89. The molecule has 76 valence electrons. The summed E-state index contributed by atoms with van der Waals surface area (Å²) in [7, 11) is 0. The molecule has 0 bridgehead atoms. The van der Waals surface area contributed by atoms with Crippen molar-refractivity contribution in [1.29, 1.82) is 0 Å². The van der Waals surface area contributed by atoms with Crippen LogP contribution in [0.3, 0.4) is 0 Å². The second kappa shape index (κ2) is 3.46. The van der Waals surface area contributed by atoms with Crippen molar-refractivity contribution >= 4 is 27.3 Å². The van der Waals surface area contributed by atoms with E-state index >= 15 is 0 Å². The van der Waals surface area contributed by atoms with Crippen LogP contribution in [-0.4, -0.2) is 5.54 Å². The van der Waals surface area contributed by atoms with Gasteiger partial charge in [0, 0.05) is 10.0 Å². The Labute approximate surface area is 93.0 Å². The van der Waals surface area contributed by atoms with Crippen molar-refractivity contribution in [2.24, 2.45) is 0 Å². The minimum absolute atomic E-state index is 0.259. The second-order valence-corrected chi connectivity index (χ2v) is 5.09. The van der Waals surface area contributed by atoms with Crippen LogP contribution in [0.25, 0.3) is 0 Å². The Morgan fingerprint density at radius 2 is 2.14 bits per heavy atom. The van der Waals surface area contributed by atoms with Crippen LogP contribution in [0.4, 0.5) is 11.4 Å². The van der Waals surface area contributed by atoms with Gasteiger partial charge in [-0.25, -0.2) is 0 Å². The Balaban J connectivity index is 2.20. The number of halogens is 1. The predicted molar refractivity (Wildman–Crippen MR) is 64.4 cm³/mol. The molecule has 1 aliphatic rings. The third-order valence-corrected chi connectivity index (χ3v) is 3.64. The molecular formula is C11H15BrN2. The fourth-order valence-corrected chi connectivity index (χ4v) is 2.17. The van der Waals surface area contributed by atoms with Gasteiger partial charge in [-0.15, -0.1) is 0 Å². The van der Waals surface area contributed by atoms with Crippen LogP contribution >= 0.6 is 15.9 Å². The van der Waals surface area contributed by atoms with Gasteiger partial charge in [0.05, 0.1) is 11.4 Å². The van der Waals surface area contributed by atoms with E-state index in [1.807, 2.05) is 18.2 Å². The summed E-state index contributed by atoms with van der Waals surface area (Å²) in [6.07, 6.45) is 3.79. The van der Waals surface area contributed by atoms with Gasteiger partial charge in [-0.3, -0.25) is 0 Å². The maximum absolute atomic E-state index is 5.96. The number of nitrogen functional groups attached to an aromatic ring is 1. The van der Waals surface area contributed by atoms with Crippen LogP contribution in [0.2, 0.25) is 0 Å². The summed E-state index contributed by atoms with van der Waals surface area (Å²) in [5.74, 6) is 0. The van der Waals surface area contributed by atoms with Crippen LogP contribution in [0.1, 0.15) is 26.2 Å². The highest BCUT2D eigenvalue weighted by atomic mass is 79.9. The Morgan fingerprint density at radius 3 is 2.71 bits per heavy atom. The molecule has 3 N–H and O–H groups in total. The molecule has 0 spiro atoms. The minimum atomic E-state index is 0.259. The van der Waals surface area contributed by atoms with Gasteiger partial charge in [-0.05, 0) is 54.2 Å². The molecular weight excluding hydrogens is 240 g/mol. The topological polar surface area (TPSA) is 38.0 Å². The molecule has 0 aromatic heterocycles. The molecule has 0 aliphatic heterocycles. The molecule has 0 saturated heterocycles. The Hall–Kier alpha value is -0.700. The standard InChI is InChI=1S/C11H15BrN2/c1-11(6-3-7-11)14-9-5-2-4-8(12)10(9)13/h2,4-5,14H,3,6-7,13H2,1H3. The quantitative estimate of drug-likeness (QED) is 0.795. The molecule has 14 heavy (non-hydrogen) atoms. The molecule has 1 aliphatic carbocycles. The number of benzene rings is 1. The van der Waals surface area contributed by atoms with E-state index in [-0.39, 0.29) is 5.54 Å². The number of rotatable bonds is 2. The van der Waals surface area contributed by atoms with E-state index in [1.165, 1.54) is 19.3 Å². The second-order valence-electron chi connectivity index (χ2n) is 4.24. The third-order valence-electron chi connectivity index (χ3n) is 2.95. The molecule has 0 atom stereocenters. The summed E-state index contributed by atoms with van der Waals surface area (Å²) in [5.41, 5.74) is 8.07. The van der Waals surface area contributed by atoms with Gasteiger partial charge in [0.2, 0.25) is 0 Å². The first-order chi connectivity index (χ1) is 6.61. The van der Waals surface area contributed by atoms with E-state index in [0.717, 1.165) is 15.8 Å². The molecule has 0 heterocycles. The molecule has 0 unspecified atom stereocenters. The van der Waals surface area contributed by atoms with Crippen molar-refractivity contribution in [3.8, 4) is 0 Å². The number of nitrogens with one attached hydrogen (secondary N) is 1. The van der Waals surface area contributed by atoms with Crippen molar-refractivity contribution in [2.75, 3.05) is 11.1 Å². The monoisotopic (exact) mass is 254 g/mol. The minimum Gasteiger partial charge on any atom is -0.396 e. The Kier molecular flexibility index (Phi) is 2.43. The average Bonchev–Trinajstić information content (AvgIpc) is 2.10. The van der Waals surface area contributed by atoms with Gasteiger partial charge in [0.15, 0.2) is 0 Å². The van der Waals surface area contributed by atoms with Gasteiger partial charge in [0.1, 0.15) is 0 Å². The maximum atomic E-state index is 5.96. The predicted octanol–water partition coefficient (Wildman–Crippen LogP) is 3.39. The summed E-state index contributed by atoms with van der Waals surface area (Å²) in [5, 5.41) is 3.51. The first-order valence-electron chi connectivity index (χ1n) is 4.93. The van der Waals surface area contributed by atoms with Gasteiger partial charge in [0.25, 0.3) is 0 Å². The van der Waals surface area contributed by atoms with E-state index in [2.05, 4.69) is 28.2 Å². The van der Waals surface area contributed by atoms with Crippen molar-refractivity contribution in [1.82, 2.24) is 0 Å². The number of hydrogen-bond donors (Lipinski definition) is 2. The highest BCUT2D eigenvalue weighted by Gasteiger charge is 2.31. The lowest BCUT2D eigenvalue weighted by Gasteiger charge is -2.40. The molecule has 2 nitrogen and oxygen atoms in total. The third kappa shape index (κ3) is 1.73. The SMILES string of the molecule is CC1(Nc2cccc(Br)c2N)CCC1. The number of hydrogen-bond acceptors (Lipinski definition) is 2. The van der Waals surface area contributed by atoms with E-state index in [1.54, 1.807) is 0 Å². The Morgan fingerprint density at radius 1 is 1.43 bits per heavy atom. The molecule has 1 saturated carbocycles. The molecule has 3 heteroatoms. The number of nitrogens with two attached hydrogens (primary N) is 1. The first kappa shape index (κ1) is 9.84. The molecule has 1 aromatic carbocycles. The fraction of sp³-hybridized carbons (Fsp3) is 0.455. The molecule has 0 amide bonds. The summed E-state index contributed by atoms with van der Waals surface area (Å²) in [6.45, 7) is 2.25. The lowest BCUT2D eigenvalue weighted by atomic mass is 9.78. The van der Waals surface area contributed by atoms with Crippen molar-refractivity contribution < 1.29 is 0 Å². The van der Waals surface area contributed by atoms with Gasteiger partial charge >= 0.3 is 0 Å². The van der Waals surface area contributed by atoms with Crippen LogP contribution < -0.4 is 11.1 Å². The summed E-state index contributed by atoms with van der Waals surface area (Å²) in [6, 6.07) is 6.00. The van der Waals surface area contributed by atoms with Gasteiger partial charge in [-0.2, -0.15) is 0 Å². The van der Waals surface area contributed by atoms with E-state index in [4.69, 9.17) is 5.73 Å². The van der Waals surface area contributed by atoms with Crippen LogP contribution in [-0.2, 0) is 0 Å². The molecule has 1 aromatic rings. The molecule has 2 rings (SSSR count). The maximum Gasteiger partial charge on any atom is 0.0694 e. The van der Waals surface area contributed by atoms with Crippen LogP contribution in [0, 0.1) is 0 Å². The zero-order chi connectivity index (χ0) is 10.2. The highest BCUT2D eigenvalue weighted by Crippen LogP contribution is 2.37. The lowest BCUT2D eigenvalue weighted by molar-refractivity contribution is 0.307. The summed E-state index contributed by atoms with van der Waals surface area (Å²) in [4.78, 5) is 0. The van der Waals surface area contributed by atoms with Crippen LogP contribution in [0.15, 0.2) is 22.7 Å². The number of anilines is 2. The zero-order valence-electron chi connectivity index (χ0n) is 8.31. The number of para-hydroxylation sites is 1. The first-order valence-corrected chi connectivity index (χ1v) is 5.72. The molecule has 1 fully saturated rings. The smallest absolute Gasteiger partial charge is 0.0694 e. The van der Waals surface area contributed by atoms with Gasteiger partial charge < -0.3 is 11.1 Å². The summed E-state index contributed by atoms with van der Waals surface area (Å²) < 4.78 is 0.963. The summed E-state index contributed by atoms with van der Waals surface area (Å²) >= 11 is 3.43. The van der Waals surface area contributed by atoms with E-state index in [0.29, 0.717) is 0 Å². The lowest BCUT2D eigenvalue weighted by Crippen LogP contribution is -2.41. The van der Waals surface area contributed by atoms with Crippen molar-refractivity contribution in [2.45, 2.75) is 31.7 Å².